The number of fused-ring (bicyclic) bond motifs is 1. The van der Waals surface area contributed by atoms with Crippen molar-refractivity contribution in [3.05, 3.63) is 27.6 Å². The molecular weight excluding hydrogens is 223 g/mol. The molecule has 2 aromatic heterocycles. The quantitative estimate of drug-likeness (QED) is 0.648. The molecule has 2 aromatic rings. The molecule has 0 saturated carbocycles. The lowest BCUT2D eigenvalue weighted by Crippen LogP contribution is -1.92. The summed E-state index contributed by atoms with van der Waals surface area (Å²) in [5.74, 6) is 0. The molecule has 0 fully saturated rings. The monoisotopic (exact) mass is 226 g/mol. The van der Waals surface area contributed by atoms with E-state index in [4.69, 9.17) is 28.5 Å². The van der Waals surface area contributed by atoms with Crippen LogP contribution in [0.5, 0.6) is 0 Å². The maximum atomic E-state index is 8.86. The van der Waals surface area contributed by atoms with E-state index in [1.807, 2.05) is 6.07 Å². The largest absolute Gasteiger partial charge is 0.215 e. The van der Waals surface area contributed by atoms with Crippen molar-refractivity contribution < 1.29 is 0 Å². The number of nitrogens with zero attached hydrogens (tertiary/aromatic N) is 4. The fourth-order valence-corrected chi connectivity index (χ4v) is 1.65. The zero-order chi connectivity index (χ0) is 10.3. The highest BCUT2D eigenvalue weighted by Gasteiger charge is 2.12. The lowest BCUT2D eigenvalue weighted by atomic mass is 10.3. The molecule has 0 atom stereocenters. The lowest BCUT2D eigenvalue weighted by Gasteiger charge is -1.96. The maximum Gasteiger partial charge on any atom is 0.176 e. The first-order chi connectivity index (χ1) is 6.63. The summed E-state index contributed by atoms with van der Waals surface area (Å²) in [6, 6.07) is 3.49. The summed E-state index contributed by atoms with van der Waals surface area (Å²) < 4.78 is 1.39. The van der Waals surface area contributed by atoms with Crippen molar-refractivity contribution >= 4 is 28.8 Å². The van der Waals surface area contributed by atoms with E-state index >= 15 is 0 Å². The Hall–Kier alpha value is -1.31. The second-order valence-electron chi connectivity index (χ2n) is 2.71. The lowest BCUT2D eigenvalue weighted by molar-refractivity contribution is 0.918. The summed E-state index contributed by atoms with van der Waals surface area (Å²) >= 11 is 11.6. The van der Waals surface area contributed by atoms with E-state index in [1.165, 1.54) is 10.6 Å². The molecule has 2 rings (SSSR count). The molecule has 0 aliphatic heterocycles. The van der Waals surface area contributed by atoms with Gasteiger partial charge in [-0.25, -0.2) is 9.50 Å². The molecule has 14 heavy (non-hydrogen) atoms. The zero-order valence-corrected chi connectivity index (χ0v) is 8.63. The molecule has 0 aliphatic rings. The highest BCUT2D eigenvalue weighted by atomic mass is 35.5. The molecule has 6 heteroatoms. The molecule has 0 aromatic carbocycles. The first-order valence-electron chi connectivity index (χ1n) is 3.75. The van der Waals surface area contributed by atoms with E-state index in [2.05, 4.69) is 10.1 Å². The van der Waals surface area contributed by atoms with Crippen LogP contribution in [-0.2, 0) is 0 Å². The molecule has 0 radical (unpaired) electrons. The maximum absolute atomic E-state index is 8.86. The molecule has 4 nitrogen and oxygen atoms in total. The summed E-state index contributed by atoms with van der Waals surface area (Å²) in [7, 11) is 0. The molecule has 0 aliphatic carbocycles. The van der Waals surface area contributed by atoms with Crippen molar-refractivity contribution in [1.82, 2.24) is 14.6 Å². The Morgan fingerprint density at radius 1 is 1.50 bits per heavy atom. The summed E-state index contributed by atoms with van der Waals surface area (Å²) in [6.45, 7) is 1.72. The molecule has 0 amide bonds. The Balaban J connectivity index is 2.97. The third kappa shape index (κ3) is 1.22. The van der Waals surface area contributed by atoms with Crippen LogP contribution in [0, 0.1) is 18.3 Å². The summed E-state index contributed by atoms with van der Waals surface area (Å²) in [5, 5.41) is 13.5. The van der Waals surface area contributed by atoms with Crippen LogP contribution in [0.1, 0.15) is 11.3 Å². The van der Waals surface area contributed by atoms with Crippen LogP contribution in [0.3, 0.4) is 0 Å². The molecule has 0 N–H and O–H groups in total. The number of aryl methyl sites for hydroxylation is 1. The molecule has 2 heterocycles. The molecule has 0 bridgehead atoms. The van der Waals surface area contributed by atoms with Gasteiger partial charge in [0.15, 0.2) is 5.65 Å². The Labute approximate surface area is 89.7 Å². The molecule has 0 spiro atoms. The summed E-state index contributed by atoms with van der Waals surface area (Å²) in [5.41, 5.74) is 1.38. The van der Waals surface area contributed by atoms with Gasteiger partial charge in [-0.3, -0.25) is 0 Å². The summed E-state index contributed by atoms with van der Waals surface area (Å²) in [4.78, 5) is 3.99. The van der Waals surface area contributed by atoms with Gasteiger partial charge in [0, 0.05) is 6.07 Å². The topological polar surface area (TPSA) is 54.0 Å². The fraction of sp³-hybridized carbons (Fsp3) is 0.125. The number of rotatable bonds is 0. The molecule has 70 valence electrons. The van der Waals surface area contributed by atoms with Crippen molar-refractivity contribution in [2.24, 2.45) is 0 Å². The van der Waals surface area contributed by atoms with Gasteiger partial charge in [-0.15, -0.1) is 0 Å². The van der Waals surface area contributed by atoms with E-state index in [0.29, 0.717) is 22.1 Å². The van der Waals surface area contributed by atoms with Crippen LogP contribution in [0.2, 0.25) is 10.3 Å². The second kappa shape index (κ2) is 3.12. The third-order valence-electron chi connectivity index (χ3n) is 1.80. The van der Waals surface area contributed by atoms with Crippen LogP contribution in [-0.4, -0.2) is 14.6 Å². The van der Waals surface area contributed by atoms with E-state index in [0.717, 1.165) is 0 Å². The van der Waals surface area contributed by atoms with E-state index in [1.54, 1.807) is 6.92 Å². The highest BCUT2D eigenvalue weighted by Crippen LogP contribution is 2.20. The minimum Gasteiger partial charge on any atom is -0.215 e. The highest BCUT2D eigenvalue weighted by molar-refractivity contribution is 6.33. The number of aromatic nitrogens is 3. The molecular formula is C8H4Cl2N4. The predicted molar refractivity (Wildman–Crippen MR) is 52.5 cm³/mol. The van der Waals surface area contributed by atoms with Crippen molar-refractivity contribution in [3.63, 3.8) is 0 Å². The first kappa shape index (κ1) is 9.25. The zero-order valence-electron chi connectivity index (χ0n) is 7.12. The van der Waals surface area contributed by atoms with Gasteiger partial charge in [0.25, 0.3) is 0 Å². The minimum atomic E-state index is 0.249. The average Bonchev–Trinajstić information content (AvgIpc) is 2.41. The number of nitriles is 1. The van der Waals surface area contributed by atoms with Gasteiger partial charge in [-0.1, -0.05) is 23.2 Å². The molecule has 0 unspecified atom stereocenters. The van der Waals surface area contributed by atoms with Gasteiger partial charge >= 0.3 is 0 Å². The van der Waals surface area contributed by atoms with E-state index in [-0.39, 0.29) is 5.15 Å². The summed E-state index contributed by atoms with van der Waals surface area (Å²) in [6.07, 6.45) is 0. The first-order valence-corrected chi connectivity index (χ1v) is 4.50. The predicted octanol–water partition coefficient (Wildman–Crippen LogP) is 2.22. The van der Waals surface area contributed by atoms with Crippen LogP contribution >= 0.6 is 23.2 Å². The van der Waals surface area contributed by atoms with E-state index < -0.39 is 0 Å². The third-order valence-corrected chi connectivity index (χ3v) is 2.26. The fourth-order valence-electron chi connectivity index (χ4n) is 1.19. The van der Waals surface area contributed by atoms with Crippen LogP contribution in [0.4, 0.5) is 0 Å². The van der Waals surface area contributed by atoms with Crippen molar-refractivity contribution in [1.29, 1.82) is 5.26 Å². The Bertz CT molecular complexity index is 552. The smallest absolute Gasteiger partial charge is 0.176 e. The van der Waals surface area contributed by atoms with Gasteiger partial charge in [0.1, 0.15) is 21.9 Å². The van der Waals surface area contributed by atoms with Crippen LogP contribution in [0.15, 0.2) is 6.07 Å². The van der Waals surface area contributed by atoms with Gasteiger partial charge in [-0.2, -0.15) is 10.4 Å². The van der Waals surface area contributed by atoms with Gasteiger partial charge in [0.2, 0.25) is 0 Å². The minimum absolute atomic E-state index is 0.249. The van der Waals surface area contributed by atoms with Crippen LogP contribution in [0.25, 0.3) is 5.65 Å². The number of hydrogen-bond donors (Lipinski definition) is 0. The van der Waals surface area contributed by atoms with Gasteiger partial charge < -0.3 is 0 Å². The van der Waals surface area contributed by atoms with Crippen molar-refractivity contribution in [2.75, 3.05) is 0 Å². The second-order valence-corrected chi connectivity index (χ2v) is 3.48. The Kier molecular flexibility index (Phi) is 2.06. The van der Waals surface area contributed by atoms with Crippen molar-refractivity contribution in [3.8, 4) is 6.07 Å². The Morgan fingerprint density at radius 3 is 2.86 bits per heavy atom. The SMILES string of the molecule is Cc1nn2c(Cl)cc(Cl)nc2c1C#N. The Morgan fingerprint density at radius 2 is 2.21 bits per heavy atom. The number of hydrogen-bond acceptors (Lipinski definition) is 3. The van der Waals surface area contributed by atoms with Crippen molar-refractivity contribution in [2.45, 2.75) is 6.92 Å². The molecule has 0 saturated heterocycles. The average molecular weight is 227 g/mol. The normalized spacial score (nSPS) is 10.4. The van der Waals surface area contributed by atoms with E-state index in [9.17, 15) is 0 Å². The van der Waals surface area contributed by atoms with Crippen LogP contribution < -0.4 is 0 Å². The standard InChI is InChI=1S/C8H4Cl2N4/c1-4-5(3-11)8-12-6(9)2-7(10)14(8)13-4/h2H,1H3. The van der Waals surface area contributed by atoms with Gasteiger partial charge in [-0.05, 0) is 6.92 Å². The number of halogens is 2. The van der Waals surface area contributed by atoms with Gasteiger partial charge in [0.05, 0.1) is 5.69 Å².